The van der Waals surface area contributed by atoms with E-state index >= 15 is 0 Å². The minimum absolute atomic E-state index is 0.585. The molecule has 0 N–H and O–H groups in total. The molecule has 0 aromatic heterocycles. The van der Waals surface area contributed by atoms with Crippen LogP contribution in [0, 0.1) is 0 Å². The second-order valence-corrected chi connectivity index (χ2v) is 3.56. The Kier molecular flexibility index (Phi) is 2.93. The van der Waals surface area contributed by atoms with E-state index in [2.05, 4.69) is 41.9 Å². The van der Waals surface area contributed by atoms with Crippen LogP contribution in [0.25, 0.3) is 10.4 Å². The van der Waals surface area contributed by atoms with Gasteiger partial charge in [0.2, 0.25) is 0 Å². The molecule has 0 saturated heterocycles. The third-order valence-corrected chi connectivity index (χ3v) is 2.22. The Morgan fingerprint density at radius 1 is 1.36 bits per heavy atom. The average molecular weight is 277 g/mol. The molecule has 3 nitrogen and oxygen atoms in total. The van der Waals surface area contributed by atoms with Gasteiger partial charge in [-0.3, -0.25) is 0 Å². The summed E-state index contributed by atoms with van der Waals surface area (Å²) < 4.78 is 1.68. The topological polar surface area (TPSA) is 48.8 Å². The lowest BCUT2D eigenvalue weighted by atomic mass is 10.3. The molecule has 0 bridgehead atoms. The largest absolute Gasteiger partial charge is 0.0596 e. The van der Waals surface area contributed by atoms with Crippen molar-refractivity contribution in [3.05, 3.63) is 37.6 Å². The van der Waals surface area contributed by atoms with E-state index in [0.29, 0.717) is 5.69 Å². The summed E-state index contributed by atoms with van der Waals surface area (Å²) in [5.74, 6) is 0. The second-order valence-electron chi connectivity index (χ2n) is 1.79. The van der Waals surface area contributed by atoms with Gasteiger partial charge >= 0.3 is 0 Å². The summed E-state index contributed by atoms with van der Waals surface area (Å²) in [4.78, 5) is 2.68. The van der Waals surface area contributed by atoms with E-state index in [9.17, 15) is 0 Å². The van der Waals surface area contributed by atoms with Gasteiger partial charge < -0.3 is 0 Å². The van der Waals surface area contributed by atoms with Crippen LogP contribution < -0.4 is 0 Å². The lowest BCUT2D eigenvalue weighted by Gasteiger charge is -1.95. The number of rotatable bonds is 1. The van der Waals surface area contributed by atoms with Gasteiger partial charge in [-0.25, -0.2) is 0 Å². The quantitative estimate of drug-likeness (QED) is 0.420. The molecule has 0 amide bonds. The summed E-state index contributed by atoms with van der Waals surface area (Å²) in [5, 5.41) is 3.47. The zero-order valence-electron chi connectivity index (χ0n) is 5.33. The number of hydrogen-bond donors (Lipinski definition) is 0. The monoisotopic (exact) mass is 275 g/mol. The van der Waals surface area contributed by atoms with Gasteiger partial charge in [-0.1, -0.05) is 37.0 Å². The highest BCUT2D eigenvalue weighted by atomic mass is 79.9. The van der Waals surface area contributed by atoms with Crippen molar-refractivity contribution in [2.24, 2.45) is 5.11 Å². The van der Waals surface area contributed by atoms with Crippen molar-refractivity contribution in [2.45, 2.75) is 0 Å². The molecule has 0 saturated carbocycles. The maximum absolute atomic E-state index is 8.16. The molecule has 11 heavy (non-hydrogen) atoms. The van der Waals surface area contributed by atoms with Crippen LogP contribution in [0.5, 0.6) is 0 Å². The first-order valence-corrected chi connectivity index (χ1v) is 4.33. The smallest absolute Gasteiger partial charge is 0.0528 e. The van der Waals surface area contributed by atoms with Crippen LogP contribution in [0.2, 0.25) is 0 Å². The molecule has 0 spiro atoms. The Bertz CT molecular complexity index is 318. The average Bonchev–Trinajstić information content (AvgIpc) is 1.98. The highest BCUT2D eigenvalue weighted by Gasteiger charge is 1.96. The molecule has 0 atom stereocenters. The first-order valence-electron chi connectivity index (χ1n) is 2.74. The predicted molar refractivity (Wildman–Crippen MR) is 50.6 cm³/mol. The van der Waals surface area contributed by atoms with Gasteiger partial charge in [0.15, 0.2) is 0 Å². The number of hydrogen-bond acceptors (Lipinski definition) is 1. The molecule has 1 rings (SSSR count). The summed E-state index contributed by atoms with van der Waals surface area (Å²) in [6.07, 6.45) is 0. The first kappa shape index (κ1) is 8.59. The molecule has 1 aromatic rings. The zero-order chi connectivity index (χ0) is 8.27. The Morgan fingerprint density at radius 3 is 2.73 bits per heavy atom. The Morgan fingerprint density at radius 2 is 2.09 bits per heavy atom. The second kappa shape index (κ2) is 3.76. The van der Waals surface area contributed by atoms with Gasteiger partial charge in [0.05, 0.1) is 5.69 Å². The van der Waals surface area contributed by atoms with Crippen molar-refractivity contribution in [1.82, 2.24) is 0 Å². The maximum Gasteiger partial charge on any atom is 0.0528 e. The van der Waals surface area contributed by atoms with E-state index in [0.717, 1.165) is 8.95 Å². The van der Waals surface area contributed by atoms with Gasteiger partial charge in [-0.2, -0.15) is 0 Å². The molecule has 0 aliphatic heterocycles. The number of azide groups is 1. The zero-order valence-corrected chi connectivity index (χ0v) is 8.50. The number of nitrogens with zero attached hydrogens (tertiary/aromatic N) is 3. The van der Waals surface area contributed by atoms with Crippen LogP contribution in [0.15, 0.2) is 32.3 Å². The summed E-state index contributed by atoms with van der Waals surface area (Å²) in [7, 11) is 0. The molecule has 0 radical (unpaired) electrons. The standard InChI is InChI=1S/C6H3Br2N3/c7-4-1-2-5(8)6(3-4)10-11-9/h1-3H. The molecule has 0 aliphatic carbocycles. The minimum Gasteiger partial charge on any atom is -0.0596 e. The van der Waals surface area contributed by atoms with Crippen LogP contribution in [0.3, 0.4) is 0 Å². The normalized spacial score (nSPS) is 8.91. The van der Waals surface area contributed by atoms with Gasteiger partial charge in [-0.15, -0.1) is 0 Å². The lowest BCUT2D eigenvalue weighted by molar-refractivity contribution is 1.44. The Hall–Kier alpha value is -0.510. The fourth-order valence-corrected chi connectivity index (χ4v) is 1.29. The lowest BCUT2D eigenvalue weighted by Crippen LogP contribution is -1.67. The predicted octanol–water partition coefficient (Wildman–Crippen LogP) is 4.15. The third kappa shape index (κ3) is 2.22. The van der Waals surface area contributed by atoms with Crippen molar-refractivity contribution in [2.75, 3.05) is 0 Å². The fraction of sp³-hybridized carbons (Fsp3) is 0. The molecular weight excluding hydrogens is 274 g/mol. The Balaban J connectivity index is 3.22. The van der Waals surface area contributed by atoms with Crippen molar-refractivity contribution in [1.29, 1.82) is 0 Å². The van der Waals surface area contributed by atoms with Gasteiger partial charge in [-0.05, 0) is 23.7 Å². The summed E-state index contributed by atoms with van der Waals surface area (Å²) in [6, 6.07) is 5.42. The molecule has 0 unspecified atom stereocenters. The van der Waals surface area contributed by atoms with Gasteiger partial charge in [0.1, 0.15) is 0 Å². The first-order chi connectivity index (χ1) is 5.24. The van der Waals surface area contributed by atoms with E-state index < -0.39 is 0 Å². The molecule has 0 aliphatic rings. The molecule has 1 aromatic carbocycles. The van der Waals surface area contributed by atoms with Gasteiger partial charge in [0.25, 0.3) is 0 Å². The van der Waals surface area contributed by atoms with Crippen molar-refractivity contribution >= 4 is 37.5 Å². The van der Waals surface area contributed by atoms with E-state index in [4.69, 9.17) is 5.53 Å². The van der Waals surface area contributed by atoms with E-state index in [1.807, 2.05) is 12.1 Å². The molecule has 0 heterocycles. The number of benzene rings is 1. The highest BCUT2D eigenvalue weighted by Crippen LogP contribution is 2.28. The SMILES string of the molecule is [N-]=[N+]=Nc1cc(Br)ccc1Br. The maximum atomic E-state index is 8.16. The van der Waals surface area contributed by atoms with Crippen molar-refractivity contribution in [3.8, 4) is 0 Å². The number of halogens is 2. The highest BCUT2D eigenvalue weighted by molar-refractivity contribution is 9.11. The Labute approximate surface area is 80.3 Å². The summed E-state index contributed by atoms with van der Waals surface area (Å²) in [6.45, 7) is 0. The van der Waals surface area contributed by atoms with Crippen LogP contribution in [0.1, 0.15) is 0 Å². The van der Waals surface area contributed by atoms with Crippen LogP contribution in [0.4, 0.5) is 5.69 Å². The van der Waals surface area contributed by atoms with Crippen molar-refractivity contribution in [3.63, 3.8) is 0 Å². The minimum atomic E-state index is 0.585. The molecule has 0 fully saturated rings. The van der Waals surface area contributed by atoms with Crippen LogP contribution in [-0.4, -0.2) is 0 Å². The molecule has 5 heteroatoms. The molecular formula is C6H3Br2N3. The third-order valence-electron chi connectivity index (χ3n) is 1.06. The van der Waals surface area contributed by atoms with Crippen molar-refractivity contribution < 1.29 is 0 Å². The van der Waals surface area contributed by atoms with E-state index in [-0.39, 0.29) is 0 Å². The van der Waals surface area contributed by atoms with Crippen LogP contribution >= 0.6 is 31.9 Å². The van der Waals surface area contributed by atoms with Gasteiger partial charge in [0, 0.05) is 13.9 Å². The van der Waals surface area contributed by atoms with E-state index in [1.165, 1.54) is 0 Å². The summed E-state index contributed by atoms with van der Waals surface area (Å²) in [5.41, 5.74) is 8.74. The molecule has 56 valence electrons. The summed E-state index contributed by atoms with van der Waals surface area (Å²) >= 11 is 6.51. The fourth-order valence-electron chi connectivity index (χ4n) is 0.611. The van der Waals surface area contributed by atoms with E-state index in [1.54, 1.807) is 6.07 Å². The van der Waals surface area contributed by atoms with Crippen LogP contribution in [-0.2, 0) is 0 Å².